The summed E-state index contributed by atoms with van der Waals surface area (Å²) in [6.07, 6.45) is 3.31. The molecule has 2 amide bonds. The first-order chi connectivity index (χ1) is 8.69. The van der Waals surface area contributed by atoms with Gasteiger partial charge in [-0.1, -0.05) is 32.0 Å². The van der Waals surface area contributed by atoms with Crippen LogP contribution in [0.5, 0.6) is 0 Å². The van der Waals surface area contributed by atoms with Crippen molar-refractivity contribution in [1.82, 2.24) is 0 Å². The molecule has 1 fully saturated rings. The molecule has 0 aromatic heterocycles. The minimum Gasteiger partial charge on any atom is -0.274 e. The fourth-order valence-electron chi connectivity index (χ4n) is 2.51. The number of para-hydroxylation sites is 1. The maximum absolute atomic E-state index is 12.0. The van der Waals surface area contributed by atoms with Gasteiger partial charge in [0.05, 0.1) is 5.69 Å². The number of anilines is 1. The van der Waals surface area contributed by atoms with Gasteiger partial charge in [0.2, 0.25) is 11.8 Å². The van der Waals surface area contributed by atoms with Crippen molar-refractivity contribution in [2.45, 2.75) is 46.0 Å². The van der Waals surface area contributed by atoms with Crippen LogP contribution < -0.4 is 4.90 Å². The van der Waals surface area contributed by atoms with Crippen molar-refractivity contribution in [3.63, 3.8) is 0 Å². The third-order valence-corrected chi connectivity index (χ3v) is 3.47. The van der Waals surface area contributed by atoms with E-state index in [0.29, 0.717) is 19.3 Å². The van der Waals surface area contributed by atoms with Gasteiger partial charge in [0, 0.05) is 12.8 Å². The Morgan fingerprint density at radius 2 is 1.50 bits per heavy atom. The zero-order valence-electron chi connectivity index (χ0n) is 11.0. The molecule has 0 unspecified atom stereocenters. The van der Waals surface area contributed by atoms with E-state index in [2.05, 4.69) is 13.8 Å². The summed E-state index contributed by atoms with van der Waals surface area (Å²) in [6, 6.07) is 6.01. The molecule has 1 aromatic carbocycles. The lowest BCUT2D eigenvalue weighted by atomic mass is 9.99. The fourth-order valence-corrected chi connectivity index (χ4v) is 2.51. The second-order valence-electron chi connectivity index (χ2n) is 4.61. The van der Waals surface area contributed by atoms with Gasteiger partial charge < -0.3 is 0 Å². The molecule has 1 aliphatic heterocycles. The smallest absolute Gasteiger partial charge is 0.233 e. The highest BCUT2D eigenvalue weighted by molar-refractivity contribution is 6.17. The van der Waals surface area contributed by atoms with Gasteiger partial charge in [0.1, 0.15) is 0 Å². The molecule has 1 saturated heterocycles. The summed E-state index contributed by atoms with van der Waals surface area (Å²) in [5.74, 6) is -0.108. The minimum atomic E-state index is -0.0538. The molecule has 2 rings (SSSR count). The summed E-state index contributed by atoms with van der Waals surface area (Å²) >= 11 is 0. The van der Waals surface area contributed by atoms with Gasteiger partial charge in [-0.2, -0.15) is 0 Å². The SMILES string of the molecule is CCc1cccc(CC)c1N1C(=O)CCCC1=O. The van der Waals surface area contributed by atoms with Crippen molar-refractivity contribution in [3.8, 4) is 0 Å². The highest BCUT2D eigenvalue weighted by atomic mass is 16.2. The van der Waals surface area contributed by atoms with Crippen LogP contribution in [0, 0.1) is 0 Å². The van der Waals surface area contributed by atoms with E-state index in [1.54, 1.807) is 0 Å². The standard InChI is InChI=1S/C15H19NO2/c1-3-11-7-5-8-12(4-2)15(11)16-13(17)9-6-10-14(16)18/h5,7-8H,3-4,6,9-10H2,1-2H3. The molecular weight excluding hydrogens is 226 g/mol. The molecule has 0 atom stereocenters. The predicted molar refractivity (Wildman–Crippen MR) is 71.5 cm³/mol. The Bertz CT molecular complexity index is 441. The number of hydrogen-bond donors (Lipinski definition) is 0. The number of nitrogens with zero attached hydrogens (tertiary/aromatic N) is 1. The van der Waals surface area contributed by atoms with E-state index in [-0.39, 0.29) is 11.8 Å². The van der Waals surface area contributed by atoms with E-state index in [1.807, 2.05) is 18.2 Å². The highest BCUT2D eigenvalue weighted by Crippen LogP contribution is 2.30. The summed E-state index contributed by atoms with van der Waals surface area (Å²) in [7, 11) is 0. The van der Waals surface area contributed by atoms with Crippen LogP contribution in [0.3, 0.4) is 0 Å². The minimum absolute atomic E-state index is 0.0538. The van der Waals surface area contributed by atoms with Crippen LogP contribution in [0.1, 0.15) is 44.2 Å². The molecule has 1 aromatic rings. The van der Waals surface area contributed by atoms with E-state index in [4.69, 9.17) is 0 Å². The zero-order chi connectivity index (χ0) is 13.1. The lowest BCUT2D eigenvalue weighted by Gasteiger charge is -2.28. The lowest BCUT2D eigenvalue weighted by Crippen LogP contribution is -2.41. The Morgan fingerprint density at radius 1 is 1.00 bits per heavy atom. The quantitative estimate of drug-likeness (QED) is 0.768. The first-order valence-electron chi connectivity index (χ1n) is 6.65. The molecule has 3 heteroatoms. The van der Waals surface area contributed by atoms with Crippen molar-refractivity contribution in [2.24, 2.45) is 0 Å². The molecule has 0 bridgehead atoms. The monoisotopic (exact) mass is 245 g/mol. The van der Waals surface area contributed by atoms with E-state index >= 15 is 0 Å². The molecular formula is C15H19NO2. The molecule has 0 aliphatic carbocycles. The summed E-state index contributed by atoms with van der Waals surface area (Å²) < 4.78 is 0. The number of imide groups is 1. The van der Waals surface area contributed by atoms with E-state index in [9.17, 15) is 9.59 Å². The van der Waals surface area contributed by atoms with Gasteiger partial charge in [-0.3, -0.25) is 14.5 Å². The zero-order valence-corrected chi connectivity index (χ0v) is 11.0. The molecule has 18 heavy (non-hydrogen) atoms. The molecule has 1 aliphatic rings. The topological polar surface area (TPSA) is 37.4 Å². The number of carbonyl (C=O) groups excluding carboxylic acids is 2. The molecule has 0 spiro atoms. The van der Waals surface area contributed by atoms with Gasteiger partial charge in [0.15, 0.2) is 0 Å². The van der Waals surface area contributed by atoms with Crippen LogP contribution >= 0.6 is 0 Å². The average molecular weight is 245 g/mol. The molecule has 3 nitrogen and oxygen atoms in total. The molecule has 96 valence electrons. The number of piperidine rings is 1. The summed E-state index contributed by atoms with van der Waals surface area (Å²) in [5.41, 5.74) is 3.01. The second kappa shape index (κ2) is 5.34. The maximum atomic E-state index is 12.0. The van der Waals surface area contributed by atoms with Crippen LogP contribution in [0.2, 0.25) is 0 Å². The van der Waals surface area contributed by atoms with Crippen LogP contribution in [0.4, 0.5) is 5.69 Å². The molecule has 0 radical (unpaired) electrons. The van der Waals surface area contributed by atoms with Crippen LogP contribution in [0.15, 0.2) is 18.2 Å². The van der Waals surface area contributed by atoms with Crippen molar-refractivity contribution in [2.75, 3.05) is 4.90 Å². The van der Waals surface area contributed by atoms with Crippen molar-refractivity contribution < 1.29 is 9.59 Å². The largest absolute Gasteiger partial charge is 0.274 e. The van der Waals surface area contributed by atoms with Crippen LogP contribution in [-0.4, -0.2) is 11.8 Å². The average Bonchev–Trinajstić information content (AvgIpc) is 2.38. The summed E-state index contributed by atoms with van der Waals surface area (Å²) in [5, 5.41) is 0. The first-order valence-corrected chi connectivity index (χ1v) is 6.65. The Labute approximate surface area is 108 Å². The van der Waals surface area contributed by atoms with Crippen LogP contribution in [-0.2, 0) is 22.4 Å². The third kappa shape index (κ3) is 2.17. The van der Waals surface area contributed by atoms with E-state index in [0.717, 1.165) is 29.7 Å². The van der Waals surface area contributed by atoms with Gasteiger partial charge in [-0.15, -0.1) is 0 Å². The number of aryl methyl sites for hydroxylation is 2. The fraction of sp³-hybridized carbons (Fsp3) is 0.467. The van der Waals surface area contributed by atoms with Crippen LogP contribution in [0.25, 0.3) is 0 Å². The van der Waals surface area contributed by atoms with Crippen molar-refractivity contribution in [1.29, 1.82) is 0 Å². The highest BCUT2D eigenvalue weighted by Gasteiger charge is 2.30. The van der Waals surface area contributed by atoms with Gasteiger partial charge in [-0.05, 0) is 30.4 Å². The Kier molecular flexibility index (Phi) is 3.80. The molecule has 1 heterocycles. The van der Waals surface area contributed by atoms with Gasteiger partial charge in [-0.25, -0.2) is 0 Å². The Morgan fingerprint density at radius 3 is 1.94 bits per heavy atom. The van der Waals surface area contributed by atoms with E-state index in [1.165, 1.54) is 4.90 Å². The van der Waals surface area contributed by atoms with Crippen molar-refractivity contribution >= 4 is 17.5 Å². The number of carbonyl (C=O) groups is 2. The number of amides is 2. The van der Waals surface area contributed by atoms with E-state index < -0.39 is 0 Å². The Hall–Kier alpha value is -1.64. The first kappa shape index (κ1) is 12.8. The number of hydrogen-bond acceptors (Lipinski definition) is 2. The summed E-state index contributed by atoms with van der Waals surface area (Å²) in [6.45, 7) is 4.11. The second-order valence-corrected chi connectivity index (χ2v) is 4.61. The molecule has 0 N–H and O–H groups in total. The summed E-state index contributed by atoms with van der Waals surface area (Å²) in [4.78, 5) is 25.5. The number of rotatable bonds is 3. The third-order valence-electron chi connectivity index (χ3n) is 3.47. The lowest BCUT2D eigenvalue weighted by molar-refractivity contribution is -0.129. The molecule has 0 saturated carbocycles. The maximum Gasteiger partial charge on any atom is 0.233 e. The van der Waals surface area contributed by atoms with Gasteiger partial charge in [0.25, 0.3) is 0 Å². The Balaban J connectivity index is 2.53. The predicted octanol–water partition coefficient (Wildman–Crippen LogP) is 2.85. The normalized spacial score (nSPS) is 16.2. The van der Waals surface area contributed by atoms with Gasteiger partial charge >= 0.3 is 0 Å². The van der Waals surface area contributed by atoms with Crippen molar-refractivity contribution in [3.05, 3.63) is 29.3 Å². The number of benzene rings is 1.